The highest BCUT2D eigenvalue weighted by atomic mass is 16.5. The van der Waals surface area contributed by atoms with Gasteiger partial charge in [-0.05, 0) is 30.7 Å². The molecular weight excluding hydrogens is 502 g/mol. The Morgan fingerprint density at radius 1 is 1.23 bits per heavy atom. The number of nitrogens with two attached hydrogens (primary N) is 2. The van der Waals surface area contributed by atoms with Gasteiger partial charge in [-0.1, -0.05) is 26.0 Å². The molecule has 5 aliphatic heterocycles. The number of aliphatic hydroxyl groups is 1. The number of likely N-dealkylation sites (tertiary alicyclic amines) is 1. The molecule has 0 bridgehead atoms. The van der Waals surface area contributed by atoms with Gasteiger partial charge in [-0.2, -0.15) is 0 Å². The van der Waals surface area contributed by atoms with E-state index in [-0.39, 0.29) is 42.4 Å². The van der Waals surface area contributed by atoms with E-state index in [1.165, 1.54) is 0 Å². The van der Waals surface area contributed by atoms with Crippen molar-refractivity contribution in [3.8, 4) is 5.75 Å². The number of urea groups is 1. The molecule has 5 atom stereocenters. The van der Waals surface area contributed by atoms with Crippen LogP contribution in [0.5, 0.6) is 5.75 Å². The number of amides is 3. The molecule has 0 radical (unpaired) electrons. The number of hydrogen-bond acceptors (Lipinski definition) is 10. The topological polar surface area (TPSA) is 183 Å². The zero-order valence-electron chi connectivity index (χ0n) is 22.3. The molecule has 2 fully saturated rings. The lowest BCUT2D eigenvalue weighted by atomic mass is 9.79. The van der Waals surface area contributed by atoms with Crippen LogP contribution in [0.2, 0.25) is 0 Å². The fourth-order valence-corrected chi connectivity index (χ4v) is 6.62. The molecule has 5 heterocycles. The highest BCUT2D eigenvalue weighted by Crippen LogP contribution is 2.42. The van der Waals surface area contributed by atoms with Crippen LogP contribution in [-0.4, -0.2) is 101 Å². The number of rotatable bonds is 4. The Bertz CT molecular complexity index is 1240. The van der Waals surface area contributed by atoms with E-state index in [0.717, 1.165) is 37.9 Å². The van der Waals surface area contributed by atoms with Gasteiger partial charge in [0.2, 0.25) is 0 Å². The van der Waals surface area contributed by atoms with Crippen molar-refractivity contribution in [2.45, 2.75) is 68.4 Å². The monoisotopic (exact) mass is 539 g/mol. The van der Waals surface area contributed by atoms with Crippen LogP contribution in [0.3, 0.4) is 0 Å². The Labute approximate surface area is 227 Å². The van der Waals surface area contributed by atoms with Gasteiger partial charge < -0.3 is 47.1 Å². The van der Waals surface area contributed by atoms with E-state index >= 15 is 0 Å². The van der Waals surface area contributed by atoms with Gasteiger partial charge in [-0.25, -0.2) is 14.8 Å². The fourth-order valence-electron chi connectivity index (χ4n) is 6.62. The van der Waals surface area contributed by atoms with Crippen LogP contribution in [0.1, 0.15) is 49.0 Å². The number of benzene rings is 1. The average Bonchev–Trinajstić information content (AvgIpc) is 3.62. The Balaban J connectivity index is 1.22. The number of hydrogen-bond donors (Lipinski definition) is 6. The van der Waals surface area contributed by atoms with Crippen LogP contribution >= 0.6 is 0 Å². The Morgan fingerprint density at radius 3 is 2.77 bits per heavy atom. The van der Waals surface area contributed by atoms with Crippen molar-refractivity contribution >= 4 is 23.9 Å². The first-order valence-electron chi connectivity index (χ1n) is 13.6. The molecule has 210 valence electrons. The largest absolute Gasteiger partial charge is 0.492 e. The zero-order chi connectivity index (χ0) is 27.5. The Hall–Kier alpha value is -3.74. The van der Waals surface area contributed by atoms with Crippen molar-refractivity contribution in [3.05, 3.63) is 29.3 Å². The molecule has 1 aromatic carbocycles. The number of guanidine groups is 2. The summed E-state index contributed by atoms with van der Waals surface area (Å²) in [6.07, 6.45) is 1.71. The van der Waals surface area contributed by atoms with Crippen molar-refractivity contribution in [1.82, 2.24) is 25.8 Å². The third-order valence-electron chi connectivity index (χ3n) is 8.79. The smallest absolute Gasteiger partial charge is 0.317 e. The number of para-hydroxylation sites is 1. The summed E-state index contributed by atoms with van der Waals surface area (Å²) in [6, 6.07) is 3.53. The Morgan fingerprint density at radius 2 is 2.00 bits per heavy atom. The number of fused-ring (bicyclic) bond motifs is 1. The third-order valence-corrected chi connectivity index (χ3v) is 8.79. The highest BCUT2D eigenvalue weighted by molar-refractivity contribution is 5.98. The van der Waals surface area contributed by atoms with Crippen LogP contribution in [0, 0.1) is 0 Å². The van der Waals surface area contributed by atoms with Crippen molar-refractivity contribution in [1.29, 1.82) is 0 Å². The average molecular weight is 540 g/mol. The number of ether oxygens (including phenoxy) is 1. The first-order valence-corrected chi connectivity index (χ1v) is 13.6. The predicted octanol–water partition coefficient (Wildman–Crippen LogP) is -0.993. The number of nitrogens with zero attached hydrogens (tertiary/aromatic N) is 4. The lowest BCUT2D eigenvalue weighted by molar-refractivity contribution is 0.0145. The van der Waals surface area contributed by atoms with Crippen molar-refractivity contribution < 1.29 is 19.4 Å². The number of carbonyl (C=O) groups excluding carboxylic acids is 2. The number of carbonyl (C=O) groups is 2. The van der Waals surface area contributed by atoms with Gasteiger partial charge in [0.25, 0.3) is 5.91 Å². The summed E-state index contributed by atoms with van der Waals surface area (Å²) in [4.78, 5) is 38.8. The lowest BCUT2D eigenvalue weighted by Crippen LogP contribution is -2.73. The minimum Gasteiger partial charge on any atom is -0.492 e. The van der Waals surface area contributed by atoms with Gasteiger partial charge in [0.1, 0.15) is 17.9 Å². The minimum absolute atomic E-state index is 0.115. The van der Waals surface area contributed by atoms with E-state index in [1.807, 2.05) is 12.1 Å². The van der Waals surface area contributed by atoms with E-state index in [9.17, 15) is 14.7 Å². The fraction of sp³-hybridized carbons (Fsp3) is 0.615. The summed E-state index contributed by atoms with van der Waals surface area (Å²) in [5.41, 5.74) is 12.6. The zero-order valence-corrected chi connectivity index (χ0v) is 22.3. The molecule has 8 N–H and O–H groups in total. The number of nitrogens with one attached hydrogen (secondary N) is 3. The first kappa shape index (κ1) is 25.5. The molecule has 0 aromatic heterocycles. The highest BCUT2D eigenvalue weighted by Gasteiger charge is 2.65. The second kappa shape index (κ2) is 9.18. The second-order valence-electron chi connectivity index (χ2n) is 11.6. The minimum atomic E-state index is -1.20. The molecule has 1 spiro atoms. The van der Waals surface area contributed by atoms with Gasteiger partial charge in [-0.15, -0.1) is 0 Å². The maximum atomic E-state index is 13.5. The SMILES string of the molecule is CC1(C)CCOc2c(C(=O)NC3CN4C(N)=N[C@@H](CNC(=O)N5CCCC5)C5N=C(N)NC54[C@@H]3O)cccc21. The molecule has 1 aromatic rings. The predicted molar refractivity (Wildman–Crippen MR) is 144 cm³/mol. The van der Waals surface area contributed by atoms with Crippen LogP contribution < -0.4 is 32.2 Å². The van der Waals surface area contributed by atoms with E-state index in [0.29, 0.717) is 17.9 Å². The maximum absolute atomic E-state index is 13.5. The standard InChI is InChI=1S/C26H37N9O4/c1-25(2)8-11-39-18-14(6-5-7-15(18)25)21(37)30-17-13-35-23(28)31-16(12-29-24(38)34-9-3-4-10-34)19-26(35,20(17)36)33-22(27)32-19/h5-7,16-17,19-20,36H,3-4,8-13H2,1-2H3,(H2,28,31)(H,29,38)(H,30,37)(H3,27,32,33)/t16-,17?,19?,20+,26?/m0/s1. The van der Waals surface area contributed by atoms with Gasteiger partial charge in [-0.3, -0.25) is 4.79 Å². The van der Waals surface area contributed by atoms with Gasteiger partial charge in [0, 0.05) is 31.7 Å². The van der Waals surface area contributed by atoms with Crippen LogP contribution in [0.25, 0.3) is 0 Å². The molecule has 0 aliphatic carbocycles. The van der Waals surface area contributed by atoms with E-state index in [4.69, 9.17) is 16.2 Å². The van der Waals surface area contributed by atoms with E-state index in [1.54, 1.807) is 15.9 Å². The van der Waals surface area contributed by atoms with Crippen molar-refractivity contribution in [2.24, 2.45) is 21.5 Å². The van der Waals surface area contributed by atoms with Crippen LogP contribution in [-0.2, 0) is 5.41 Å². The maximum Gasteiger partial charge on any atom is 0.317 e. The third kappa shape index (κ3) is 4.01. The number of aliphatic hydroxyl groups excluding tert-OH is 1. The normalized spacial score (nSPS) is 32.2. The molecular formula is C26H37N9O4. The number of aliphatic imine (C=N–C) groups is 2. The Kier molecular flexibility index (Phi) is 6.01. The van der Waals surface area contributed by atoms with Gasteiger partial charge in [0.05, 0.1) is 24.3 Å². The molecule has 13 heteroatoms. The van der Waals surface area contributed by atoms with Crippen LogP contribution in [0.4, 0.5) is 4.79 Å². The summed E-state index contributed by atoms with van der Waals surface area (Å²) < 4.78 is 5.94. The van der Waals surface area contributed by atoms with E-state index < -0.39 is 29.9 Å². The summed E-state index contributed by atoms with van der Waals surface area (Å²) in [7, 11) is 0. The molecule has 3 amide bonds. The lowest BCUT2D eigenvalue weighted by Gasteiger charge is -2.46. The van der Waals surface area contributed by atoms with Crippen molar-refractivity contribution in [2.75, 3.05) is 32.8 Å². The molecule has 13 nitrogen and oxygen atoms in total. The van der Waals surface area contributed by atoms with Gasteiger partial charge >= 0.3 is 6.03 Å². The quantitative estimate of drug-likeness (QED) is 0.282. The molecule has 5 aliphatic rings. The van der Waals surface area contributed by atoms with Crippen LogP contribution in [0.15, 0.2) is 28.2 Å². The molecule has 6 rings (SSSR count). The first-order chi connectivity index (χ1) is 18.6. The summed E-state index contributed by atoms with van der Waals surface area (Å²) in [6.45, 7) is 6.63. The second-order valence-corrected chi connectivity index (χ2v) is 11.6. The molecule has 39 heavy (non-hydrogen) atoms. The molecule has 2 saturated heterocycles. The van der Waals surface area contributed by atoms with E-state index in [2.05, 4.69) is 39.8 Å². The van der Waals surface area contributed by atoms with Crippen molar-refractivity contribution in [3.63, 3.8) is 0 Å². The van der Waals surface area contributed by atoms with Gasteiger partial charge in [0.15, 0.2) is 17.6 Å². The molecule has 3 unspecified atom stereocenters. The summed E-state index contributed by atoms with van der Waals surface area (Å²) in [5.74, 6) is 0.554. The molecule has 0 saturated carbocycles. The summed E-state index contributed by atoms with van der Waals surface area (Å²) in [5, 5.41) is 20.7. The summed E-state index contributed by atoms with van der Waals surface area (Å²) >= 11 is 0.